The van der Waals surface area contributed by atoms with Gasteiger partial charge < -0.3 is 5.11 Å². The first-order valence-electron chi connectivity index (χ1n) is 4.23. The molecular formula is C10H7ClF2O3. The Morgan fingerprint density at radius 1 is 1.44 bits per heavy atom. The van der Waals surface area contributed by atoms with Crippen molar-refractivity contribution in [3.63, 3.8) is 0 Å². The summed E-state index contributed by atoms with van der Waals surface area (Å²) in [5.74, 6) is -4.30. The number of carboxylic acid groups (broad SMARTS) is 1. The second-order valence-electron chi connectivity index (χ2n) is 3.15. The normalized spacial score (nSPS) is 10.2. The molecule has 1 aromatic rings. The van der Waals surface area contributed by atoms with E-state index >= 15 is 0 Å². The fourth-order valence-electron chi connectivity index (χ4n) is 1.12. The predicted molar refractivity (Wildman–Crippen MR) is 52.7 cm³/mol. The molecule has 16 heavy (non-hydrogen) atoms. The summed E-state index contributed by atoms with van der Waals surface area (Å²) in [6.07, 6.45) is -0.859. The quantitative estimate of drug-likeness (QED) is 0.508. The van der Waals surface area contributed by atoms with Gasteiger partial charge in [-0.15, -0.1) is 0 Å². The summed E-state index contributed by atoms with van der Waals surface area (Å²) in [6.45, 7) is 1.17. The van der Waals surface area contributed by atoms with Crippen molar-refractivity contribution >= 4 is 23.4 Å². The largest absolute Gasteiger partial charge is 0.481 e. The fraction of sp³-hybridized carbons (Fsp3) is 0.200. The lowest BCUT2D eigenvalue weighted by Gasteiger charge is -2.06. The highest BCUT2D eigenvalue weighted by Gasteiger charge is 2.20. The zero-order valence-electron chi connectivity index (χ0n) is 8.18. The van der Waals surface area contributed by atoms with E-state index in [0.717, 1.165) is 6.07 Å². The third-order valence-corrected chi connectivity index (χ3v) is 2.37. The molecule has 0 aromatic heterocycles. The summed E-state index contributed by atoms with van der Waals surface area (Å²) >= 11 is 5.49. The number of carbonyl (C=O) groups excluding carboxylic acids is 1. The highest BCUT2D eigenvalue weighted by atomic mass is 35.5. The van der Waals surface area contributed by atoms with Crippen molar-refractivity contribution in [2.45, 2.75) is 13.3 Å². The highest BCUT2D eigenvalue weighted by molar-refractivity contribution is 6.34. The maximum atomic E-state index is 13.3. The minimum Gasteiger partial charge on any atom is -0.481 e. The Morgan fingerprint density at radius 2 is 2.00 bits per heavy atom. The monoisotopic (exact) mass is 248 g/mol. The van der Waals surface area contributed by atoms with Gasteiger partial charge >= 0.3 is 5.97 Å². The molecule has 0 fully saturated rings. The van der Waals surface area contributed by atoms with E-state index in [1.54, 1.807) is 0 Å². The summed E-state index contributed by atoms with van der Waals surface area (Å²) in [7, 11) is 0. The molecule has 0 aliphatic heterocycles. The van der Waals surface area contributed by atoms with Crippen LogP contribution in [0.1, 0.15) is 22.3 Å². The molecule has 0 atom stereocenters. The Bertz CT molecular complexity index is 472. The Balaban J connectivity index is 3.25. The molecule has 1 aromatic carbocycles. The average molecular weight is 249 g/mol. The topological polar surface area (TPSA) is 54.4 Å². The number of benzene rings is 1. The van der Waals surface area contributed by atoms with E-state index in [0.29, 0.717) is 0 Å². The van der Waals surface area contributed by atoms with Crippen LogP contribution in [0.5, 0.6) is 0 Å². The SMILES string of the molecule is Cc1c(F)cc(C(=O)CC(=O)O)c(Cl)c1F. The molecule has 6 heteroatoms. The van der Waals surface area contributed by atoms with Gasteiger partial charge in [0.05, 0.1) is 5.02 Å². The number of Topliss-reactive ketones (excluding diaryl/α,β-unsaturated/α-hetero) is 1. The fourth-order valence-corrected chi connectivity index (χ4v) is 1.42. The number of hydrogen-bond acceptors (Lipinski definition) is 2. The van der Waals surface area contributed by atoms with Gasteiger partial charge in [-0.3, -0.25) is 9.59 Å². The van der Waals surface area contributed by atoms with E-state index in [-0.39, 0.29) is 5.56 Å². The van der Waals surface area contributed by atoms with Gasteiger partial charge in [0.25, 0.3) is 0 Å². The van der Waals surface area contributed by atoms with E-state index in [1.165, 1.54) is 6.92 Å². The molecule has 0 unspecified atom stereocenters. The Morgan fingerprint density at radius 3 is 2.50 bits per heavy atom. The standard InChI is InChI=1S/C10H7ClF2O3/c1-4-6(12)2-5(9(11)10(4)13)7(14)3-8(15)16/h2H,3H2,1H3,(H,15,16). The molecule has 0 bridgehead atoms. The molecule has 0 saturated heterocycles. The van der Waals surface area contributed by atoms with Crippen LogP contribution in [0.4, 0.5) is 8.78 Å². The summed E-state index contributed by atoms with van der Waals surface area (Å²) < 4.78 is 26.4. The van der Waals surface area contributed by atoms with Crippen molar-refractivity contribution in [1.29, 1.82) is 0 Å². The molecule has 0 amide bonds. The summed E-state index contributed by atoms with van der Waals surface area (Å²) in [6, 6.07) is 0.742. The van der Waals surface area contributed by atoms with Crippen LogP contribution in [0.15, 0.2) is 6.07 Å². The van der Waals surface area contributed by atoms with Crippen LogP contribution in [0.2, 0.25) is 5.02 Å². The third kappa shape index (κ3) is 2.36. The van der Waals surface area contributed by atoms with Crippen LogP contribution >= 0.6 is 11.6 Å². The Hall–Kier alpha value is -1.49. The highest BCUT2D eigenvalue weighted by Crippen LogP contribution is 2.26. The summed E-state index contributed by atoms with van der Waals surface area (Å²) in [5.41, 5.74) is -0.762. The van der Waals surface area contributed by atoms with E-state index in [9.17, 15) is 18.4 Å². The lowest BCUT2D eigenvalue weighted by molar-refractivity contribution is -0.135. The van der Waals surface area contributed by atoms with Gasteiger partial charge in [0.15, 0.2) is 5.78 Å². The zero-order valence-corrected chi connectivity index (χ0v) is 8.94. The van der Waals surface area contributed by atoms with Crippen molar-refractivity contribution in [3.8, 4) is 0 Å². The number of aliphatic carboxylic acids is 1. The maximum absolute atomic E-state index is 13.3. The van der Waals surface area contributed by atoms with Crippen LogP contribution in [0.3, 0.4) is 0 Å². The minimum absolute atomic E-state index is 0.308. The molecule has 1 rings (SSSR count). The zero-order chi connectivity index (χ0) is 12.5. The molecule has 0 heterocycles. The van der Waals surface area contributed by atoms with Gasteiger partial charge in [0.2, 0.25) is 0 Å². The van der Waals surface area contributed by atoms with Gasteiger partial charge in [-0.25, -0.2) is 8.78 Å². The van der Waals surface area contributed by atoms with Crippen molar-refractivity contribution in [3.05, 3.63) is 33.9 Å². The van der Waals surface area contributed by atoms with E-state index in [4.69, 9.17) is 16.7 Å². The van der Waals surface area contributed by atoms with Crippen LogP contribution in [0, 0.1) is 18.6 Å². The van der Waals surface area contributed by atoms with Gasteiger partial charge in [0, 0.05) is 11.1 Å². The number of hydrogen-bond donors (Lipinski definition) is 1. The van der Waals surface area contributed by atoms with Crippen molar-refractivity contribution < 1.29 is 23.5 Å². The van der Waals surface area contributed by atoms with Gasteiger partial charge in [0.1, 0.15) is 18.1 Å². The molecule has 1 N–H and O–H groups in total. The number of rotatable bonds is 3. The smallest absolute Gasteiger partial charge is 0.311 e. The molecular weight excluding hydrogens is 242 g/mol. The van der Waals surface area contributed by atoms with Gasteiger partial charge in [-0.05, 0) is 13.0 Å². The number of carbonyl (C=O) groups is 2. The molecule has 0 radical (unpaired) electrons. The molecule has 0 spiro atoms. The number of ketones is 1. The lowest BCUT2D eigenvalue weighted by Crippen LogP contribution is -2.09. The van der Waals surface area contributed by atoms with E-state index < -0.39 is 40.4 Å². The second-order valence-corrected chi connectivity index (χ2v) is 3.53. The first-order valence-corrected chi connectivity index (χ1v) is 4.61. The predicted octanol–water partition coefficient (Wildman–Crippen LogP) is 2.58. The second kappa shape index (κ2) is 4.57. The Labute approximate surface area is 94.6 Å². The van der Waals surface area contributed by atoms with Gasteiger partial charge in [-0.2, -0.15) is 0 Å². The number of carboxylic acids is 1. The number of halogens is 3. The molecule has 0 aliphatic rings. The van der Waals surface area contributed by atoms with Crippen molar-refractivity contribution in [2.24, 2.45) is 0 Å². The minimum atomic E-state index is -1.39. The lowest BCUT2D eigenvalue weighted by atomic mass is 10.1. The maximum Gasteiger partial charge on any atom is 0.311 e. The average Bonchev–Trinajstić information content (AvgIpc) is 2.19. The van der Waals surface area contributed by atoms with Gasteiger partial charge in [-0.1, -0.05) is 11.6 Å². The summed E-state index contributed by atoms with van der Waals surface area (Å²) in [4.78, 5) is 21.6. The van der Waals surface area contributed by atoms with Crippen LogP contribution < -0.4 is 0 Å². The van der Waals surface area contributed by atoms with Crippen LogP contribution in [-0.2, 0) is 4.79 Å². The van der Waals surface area contributed by atoms with Crippen molar-refractivity contribution in [2.75, 3.05) is 0 Å². The molecule has 0 aliphatic carbocycles. The van der Waals surface area contributed by atoms with Crippen molar-refractivity contribution in [1.82, 2.24) is 0 Å². The molecule has 86 valence electrons. The Kier molecular flexibility index (Phi) is 3.59. The first-order chi connectivity index (χ1) is 7.34. The van der Waals surface area contributed by atoms with E-state index in [2.05, 4.69) is 0 Å². The molecule has 0 saturated carbocycles. The van der Waals surface area contributed by atoms with Crippen LogP contribution in [-0.4, -0.2) is 16.9 Å². The van der Waals surface area contributed by atoms with Crippen LogP contribution in [0.25, 0.3) is 0 Å². The third-order valence-electron chi connectivity index (χ3n) is 2.00. The van der Waals surface area contributed by atoms with E-state index in [1.807, 2.05) is 0 Å². The first kappa shape index (κ1) is 12.6. The summed E-state index contributed by atoms with van der Waals surface area (Å²) in [5, 5.41) is 7.83. The molecule has 3 nitrogen and oxygen atoms in total.